The summed E-state index contributed by atoms with van der Waals surface area (Å²) in [7, 11) is 3.04. The molecule has 4 aromatic rings. The quantitative estimate of drug-likeness (QED) is 0.476. The molecule has 8 nitrogen and oxygen atoms in total. The van der Waals surface area contributed by atoms with E-state index in [1.807, 2.05) is 36.4 Å². The van der Waals surface area contributed by atoms with Crippen molar-refractivity contribution in [2.24, 2.45) is 14.1 Å². The number of hydrogen-bond acceptors (Lipinski definition) is 5. The molecule has 0 bridgehead atoms. The molecule has 3 heterocycles. The zero-order valence-corrected chi connectivity index (χ0v) is 15.6. The average molecular weight is 416 g/mol. The van der Waals surface area contributed by atoms with Gasteiger partial charge < -0.3 is 4.52 Å². The van der Waals surface area contributed by atoms with Crippen molar-refractivity contribution in [3.05, 3.63) is 67.7 Å². The average Bonchev–Trinajstić information content (AvgIpc) is 3.25. The van der Waals surface area contributed by atoms with Crippen LogP contribution in [0.4, 0.5) is 0 Å². The number of hydrogen-bond donors (Lipinski definition) is 0. The molecule has 0 N–H and O–H groups in total. The second-order valence-corrected chi connectivity index (χ2v) is 6.60. The lowest BCUT2D eigenvalue weighted by atomic mass is 10.2. The van der Waals surface area contributed by atoms with Gasteiger partial charge in [-0.2, -0.15) is 0 Å². The molecule has 26 heavy (non-hydrogen) atoms. The van der Waals surface area contributed by atoms with Crippen molar-refractivity contribution in [2.75, 3.05) is 0 Å². The molecule has 0 fully saturated rings. The topological polar surface area (TPSA) is 87.8 Å². The lowest BCUT2D eigenvalue weighted by Crippen LogP contribution is -2.37. The van der Waals surface area contributed by atoms with Gasteiger partial charge in [0.05, 0.1) is 6.54 Å². The third kappa shape index (κ3) is 2.51. The first-order valence-electron chi connectivity index (χ1n) is 7.80. The number of nitrogens with zero attached hydrogens (tertiary/aromatic N) is 5. The van der Waals surface area contributed by atoms with Crippen molar-refractivity contribution in [1.29, 1.82) is 0 Å². The van der Waals surface area contributed by atoms with Crippen LogP contribution >= 0.6 is 15.9 Å². The number of rotatable bonds is 3. The summed E-state index contributed by atoms with van der Waals surface area (Å²) < 4.78 is 10.0. The van der Waals surface area contributed by atoms with E-state index in [0.717, 1.165) is 10.1 Å². The number of benzene rings is 1. The van der Waals surface area contributed by atoms with E-state index in [0.29, 0.717) is 28.4 Å². The SMILES string of the molecule is Cn1c(=O)c2nc(Br)n(Cc3cc(-c4ccccc4)on3)c2n(C)c1=O. The van der Waals surface area contributed by atoms with Crippen molar-refractivity contribution >= 4 is 27.1 Å². The summed E-state index contributed by atoms with van der Waals surface area (Å²) in [5.74, 6) is 0.644. The van der Waals surface area contributed by atoms with Gasteiger partial charge in [0, 0.05) is 25.7 Å². The first-order valence-corrected chi connectivity index (χ1v) is 8.59. The van der Waals surface area contributed by atoms with Crippen LogP contribution in [0, 0.1) is 0 Å². The van der Waals surface area contributed by atoms with Gasteiger partial charge >= 0.3 is 5.69 Å². The highest BCUT2D eigenvalue weighted by Gasteiger charge is 2.19. The minimum atomic E-state index is -0.437. The van der Waals surface area contributed by atoms with Crippen molar-refractivity contribution in [1.82, 2.24) is 23.8 Å². The number of aromatic nitrogens is 5. The lowest BCUT2D eigenvalue weighted by Gasteiger charge is -2.07. The van der Waals surface area contributed by atoms with Crippen LogP contribution in [0.25, 0.3) is 22.5 Å². The second-order valence-electron chi connectivity index (χ2n) is 5.89. The minimum absolute atomic E-state index is 0.216. The fraction of sp³-hybridized carbons (Fsp3) is 0.176. The Morgan fingerprint density at radius 3 is 2.58 bits per heavy atom. The fourth-order valence-corrected chi connectivity index (χ4v) is 3.36. The molecule has 0 amide bonds. The van der Waals surface area contributed by atoms with E-state index >= 15 is 0 Å². The van der Waals surface area contributed by atoms with Crippen LogP contribution in [0.1, 0.15) is 5.69 Å². The van der Waals surface area contributed by atoms with Crippen LogP contribution < -0.4 is 11.2 Å². The van der Waals surface area contributed by atoms with Gasteiger partial charge in [0.25, 0.3) is 5.56 Å². The Bertz CT molecular complexity index is 1230. The normalized spacial score (nSPS) is 11.3. The highest BCUT2D eigenvalue weighted by atomic mass is 79.9. The van der Waals surface area contributed by atoms with Crippen LogP contribution in [-0.4, -0.2) is 23.8 Å². The van der Waals surface area contributed by atoms with Crippen LogP contribution in [0.15, 0.2) is 55.2 Å². The Labute approximate surface area is 155 Å². The van der Waals surface area contributed by atoms with Gasteiger partial charge in [-0.1, -0.05) is 35.5 Å². The summed E-state index contributed by atoms with van der Waals surface area (Å²) in [6.07, 6.45) is 0. The molecule has 0 aliphatic heterocycles. The molecule has 0 aliphatic rings. The monoisotopic (exact) mass is 415 g/mol. The Balaban J connectivity index is 1.82. The molecule has 4 rings (SSSR count). The van der Waals surface area contributed by atoms with Crippen molar-refractivity contribution in [3.63, 3.8) is 0 Å². The zero-order chi connectivity index (χ0) is 18.4. The Hall–Kier alpha value is -2.94. The minimum Gasteiger partial charge on any atom is -0.356 e. The van der Waals surface area contributed by atoms with Crippen molar-refractivity contribution < 1.29 is 4.52 Å². The van der Waals surface area contributed by atoms with Gasteiger partial charge in [-0.05, 0) is 15.9 Å². The smallest absolute Gasteiger partial charge is 0.332 e. The molecule has 0 unspecified atom stereocenters. The molecule has 9 heteroatoms. The second kappa shape index (κ2) is 6.10. The summed E-state index contributed by atoms with van der Waals surface area (Å²) in [4.78, 5) is 28.8. The van der Waals surface area contributed by atoms with E-state index in [1.165, 1.54) is 11.6 Å². The molecule has 132 valence electrons. The largest absolute Gasteiger partial charge is 0.356 e. The van der Waals surface area contributed by atoms with Gasteiger partial charge in [0.15, 0.2) is 21.7 Å². The third-order valence-electron chi connectivity index (χ3n) is 4.23. The Morgan fingerprint density at radius 1 is 1.12 bits per heavy atom. The van der Waals surface area contributed by atoms with E-state index < -0.39 is 11.2 Å². The molecule has 0 saturated carbocycles. The summed E-state index contributed by atoms with van der Waals surface area (Å²) in [6.45, 7) is 0.299. The number of aryl methyl sites for hydroxylation is 1. The fourth-order valence-electron chi connectivity index (χ4n) is 2.89. The molecule has 0 spiro atoms. The van der Waals surface area contributed by atoms with Crippen LogP contribution in [0.2, 0.25) is 0 Å². The first-order chi connectivity index (χ1) is 12.5. The third-order valence-corrected chi connectivity index (χ3v) is 4.84. The number of imidazole rings is 1. The molecule has 0 radical (unpaired) electrons. The molecular weight excluding hydrogens is 402 g/mol. The number of fused-ring (bicyclic) bond motifs is 1. The van der Waals surface area contributed by atoms with Crippen LogP contribution in [0.3, 0.4) is 0 Å². The predicted molar refractivity (Wildman–Crippen MR) is 99.0 cm³/mol. The van der Waals surface area contributed by atoms with Gasteiger partial charge in [0.1, 0.15) is 5.69 Å². The van der Waals surface area contributed by atoms with E-state index in [9.17, 15) is 9.59 Å². The van der Waals surface area contributed by atoms with E-state index in [2.05, 4.69) is 26.1 Å². The molecule has 0 aliphatic carbocycles. The van der Waals surface area contributed by atoms with Gasteiger partial charge in [-0.25, -0.2) is 9.78 Å². The van der Waals surface area contributed by atoms with E-state index in [1.54, 1.807) is 11.6 Å². The predicted octanol–water partition coefficient (Wildman–Crippen LogP) is 1.90. The van der Waals surface area contributed by atoms with E-state index in [-0.39, 0.29) is 5.52 Å². The Morgan fingerprint density at radius 2 is 1.85 bits per heavy atom. The number of halogens is 1. The Kier molecular flexibility index (Phi) is 3.87. The first kappa shape index (κ1) is 16.5. The van der Waals surface area contributed by atoms with Crippen molar-refractivity contribution in [2.45, 2.75) is 6.54 Å². The van der Waals surface area contributed by atoms with Crippen LogP contribution in [-0.2, 0) is 20.6 Å². The molecular formula is C17H14BrN5O3. The zero-order valence-electron chi connectivity index (χ0n) is 14.0. The molecule has 0 atom stereocenters. The molecule has 0 saturated heterocycles. The van der Waals surface area contributed by atoms with Gasteiger partial charge in [-0.3, -0.25) is 18.5 Å². The van der Waals surface area contributed by atoms with Crippen LogP contribution in [0.5, 0.6) is 0 Å². The summed E-state index contributed by atoms with van der Waals surface area (Å²) >= 11 is 3.37. The maximum atomic E-state index is 12.3. The molecule has 1 aromatic carbocycles. The highest BCUT2D eigenvalue weighted by Crippen LogP contribution is 2.22. The maximum absolute atomic E-state index is 12.3. The van der Waals surface area contributed by atoms with Gasteiger partial charge in [-0.15, -0.1) is 0 Å². The standard InChI is InChI=1S/C17H14BrN5O3/c1-21-14-13(15(24)22(2)17(21)25)19-16(18)23(14)9-11-8-12(26-20-11)10-6-4-3-5-7-10/h3-8H,9H2,1-2H3. The summed E-state index contributed by atoms with van der Waals surface area (Å²) in [6, 6.07) is 11.5. The van der Waals surface area contributed by atoms with Crippen molar-refractivity contribution in [3.8, 4) is 11.3 Å². The maximum Gasteiger partial charge on any atom is 0.332 e. The summed E-state index contributed by atoms with van der Waals surface area (Å²) in [5.41, 5.74) is 1.36. The summed E-state index contributed by atoms with van der Waals surface area (Å²) in [5, 5.41) is 4.09. The molecule has 3 aromatic heterocycles. The van der Waals surface area contributed by atoms with E-state index in [4.69, 9.17) is 4.52 Å². The lowest BCUT2D eigenvalue weighted by molar-refractivity contribution is 0.421. The highest BCUT2D eigenvalue weighted by molar-refractivity contribution is 9.10. The van der Waals surface area contributed by atoms with Gasteiger partial charge in [0.2, 0.25) is 0 Å².